The molecule has 2 rings (SSSR count). The van der Waals surface area contributed by atoms with Gasteiger partial charge in [-0.15, -0.1) is 0 Å². The van der Waals surface area contributed by atoms with E-state index in [1.807, 2.05) is 0 Å². The van der Waals surface area contributed by atoms with Gasteiger partial charge in [0.1, 0.15) is 0 Å². The summed E-state index contributed by atoms with van der Waals surface area (Å²) in [6.07, 6.45) is 6.59. The normalized spacial score (nSPS) is 12.6. The summed E-state index contributed by atoms with van der Waals surface area (Å²) in [4.78, 5) is 0. The van der Waals surface area contributed by atoms with E-state index in [2.05, 4.69) is 71.5 Å². The molecule has 0 aliphatic heterocycles. The number of anilines is 1. The molecule has 0 bridgehead atoms. The highest BCUT2D eigenvalue weighted by Gasteiger charge is 2.03. The minimum atomic E-state index is 0.541. The molecule has 0 fully saturated rings. The molecule has 2 heteroatoms. The molecule has 0 saturated carbocycles. The third-order valence-electron chi connectivity index (χ3n) is 3.71. The lowest BCUT2D eigenvalue weighted by atomic mass is 10.1. The van der Waals surface area contributed by atoms with Crippen molar-refractivity contribution in [3.63, 3.8) is 0 Å². The zero-order valence-corrected chi connectivity index (χ0v) is 14.0. The molecule has 2 aromatic carbocycles. The highest BCUT2D eigenvalue weighted by molar-refractivity contribution is 9.10. The standard InChI is InChI=1S/C18H24BrN/c1-3-4-5-6-7-14(2)20-18-11-9-15-12-17(19)10-8-16(15)13-18/h8-14,20H,3-7H2,1-2H3. The third kappa shape index (κ3) is 4.52. The van der Waals surface area contributed by atoms with E-state index in [1.54, 1.807) is 0 Å². The van der Waals surface area contributed by atoms with Crippen LogP contribution in [0.5, 0.6) is 0 Å². The molecule has 0 aromatic heterocycles. The first-order valence-electron chi connectivity index (χ1n) is 7.65. The average Bonchev–Trinajstić information content (AvgIpc) is 2.44. The summed E-state index contributed by atoms with van der Waals surface area (Å²) in [5, 5.41) is 6.18. The summed E-state index contributed by atoms with van der Waals surface area (Å²) < 4.78 is 1.13. The first-order chi connectivity index (χ1) is 9.69. The summed E-state index contributed by atoms with van der Waals surface area (Å²) in [6, 6.07) is 13.6. The molecule has 1 unspecified atom stereocenters. The molecule has 0 saturated heterocycles. The number of rotatable bonds is 7. The van der Waals surface area contributed by atoms with Crippen LogP contribution in [0.15, 0.2) is 40.9 Å². The van der Waals surface area contributed by atoms with Gasteiger partial charge in [-0.25, -0.2) is 0 Å². The van der Waals surface area contributed by atoms with Gasteiger partial charge >= 0.3 is 0 Å². The van der Waals surface area contributed by atoms with Crippen LogP contribution in [0.3, 0.4) is 0 Å². The Balaban J connectivity index is 1.94. The Bertz CT molecular complexity index is 550. The van der Waals surface area contributed by atoms with E-state index >= 15 is 0 Å². The Labute approximate surface area is 130 Å². The first kappa shape index (κ1) is 15.4. The molecule has 0 aliphatic carbocycles. The van der Waals surface area contributed by atoms with Crippen LogP contribution in [0.1, 0.15) is 46.0 Å². The molecule has 108 valence electrons. The van der Waals surface area contributed by atoms with Gasteiger partial charge in [0.15, 0.2) is 0 Å². The topological polar surface area (TPSA) is 12.0 Å². The van der Waals surface area contributed by atoms with Gasteiger partial charge in [0.2, 0.25) is 0 Å². The Morgan fingerprint density at radius 3 is 2.55 bits per heavy atom. The second-order valence-electron chi connectivity index (χ2n) is 5.60. The van der Waals surface area contributed by atoms with Gasteiger partial charge < -0.3 is 5.32 Å². The van der Waals surface area contributed by atoms with E-state index in [4.69, 9.17) is 0 Å². The third-order valence-corrected chi connectivity index (χ3v) is 4.20. The molecule has 0 radical (unpaired) electrons. The van der Waals surface area contributed by atoms with Crippen molar-refractivity contribution in [2.45, 2.75) is 52.0 Å². The maximum Gasteiger partial charge on any atom is 0.0348 e. The molecular weight excluding hydrogens is 310 g/mol. The van der Waals surface area contributed by atoms with Gasteiger partial charge in [0.25, 0.3) is 0 Å². The molecule has 0 aliphatic rings. The number of unbranched alkanes of at least 4 members (excludes halogenated alkanes) is 3. The number of nitrogens with one attached hydrogen (secondary N) is 1. The summed E-state index contributed by atoms with van der Waals surface area (Å²) >= 11 is 3.52. The van der Waals surface area contributed by atoms with E-state index in [-0.39, 0.29) is 0 Å². The van der Waals surface area contributed by atoms with Crippen molar-refractivity contribution >= 4 is 32.4 Å². The van der Waals surface area contributed by atoms with Crippen LogP contribution in [0, 0.1) is 0 Å². The quantitative estimate of drug-likeness (QED) is 0.580. The van der Waals surface area contributed by atoms with E-state index in [9.17, 15) is 0 Å². The summed E-state index contributed by atoms with van der Waals surface area (Å²) in [6.45, 7) is 4.53. The predicted molar refractivity (Wildman–Crippen MR) is 93.5 cm³/mol. The smallest absolute Gasteiger partial charge is 0.0348 e. The Kier molecular flexibility index (Phi) is 5.90. The number of hydrogen-bond acceptors (Lipinski definition) is 1. The molecule has 1 nitrogen and oxygen atoms in total. The average molecular weight is 334 g/mol. The lowest BCUT2D eigenvalue weighted by Crippen LogP contribution is -2.14. The van der Waals surface area contributed by atoms with Crippen LogP contribution in [-0.4, -0.2) is 6.04 Å². The van der Waals surface area contributed by atoms with E-state index in [0.717, 1.165) is 4.47 Å². The van der Waals surface area contributed by atoms with Gasteiger partial charge in [0, 0.05) is 16.2 Å². The van der Waals surface area contributed by atoms with Crippen LogP contribution in [0.4, 0.5) is 5.69 Å². The SMILES string of the molecule is CCCCCCC(C)Nc1ccc2cc(Br)ccc2c1. The van der Waals surface area contributed by atoms with Crippen LogP contribution < -0.4 is 5.32 Å². The fraction of sp³-hybridized carbons (Fsp3) is 0.444. The van der Waals surface area contributed by atoms with Crippen LogP contribution in [0.2, 0.25) is 0 Å². The Hall–Kier alpha value is -1.02. The van der Waals surface area contributed by atoms with Gasteiger partial charge in [-0.2, -0.15) is 0 Å². The number of hydrogen-bond donors (Lipinski definition) is 1. The van der Waals surface area contributed by atoms with E-state index in [0.29, 0.717) is 6.04 Å². The molecule has 1 N–H and O–H groups in total. The van der Waals surface area contributed by atoms with Crippen molar-refractivity contribution in [3.05, 3.63) is 40.9 Å². The van der Waals surface area contributed by atoms with Crippen molar-refractivity contribution < 1.29 is 0 Å². The van der Waals surface area contributed by atoms with Gasteiger partial charge in [-0.3, -0.25) is 0 Å². The maximum absolute atomic E-state index is 3.61. The summed E-state index contributed by atoms with van der Waals surface area (Å²) in [5.74, 6) is 0. The van der Waals surface area contributed by atoms with Crippen molar-refractivity contribution in [3.8, 4) is 0 Å². The fourth-order valence-corrected chi connectivity index (χ4v) is 2.92. The minimum absolute atomic E-state index is 0.541. The number of halogens is 1. The molecular formula is C18H24BrN. The van der Waals surface area contributed by atoms with Gasteiger partial charge in [-0.1, -0.05) is 60.7 Å². The predicted octanol–water partition coefficient (Wildman–Crippen LogP) is 6.37. The largest absolute Gasteiger partial charge is 0.383 e. The lowest BCUT2D eigenvalue weighted by molar-refractivity contribution is 0.594. The monoisotopic (exact) mass is 333 g/mol. The first-order valence-corrected chi connectivity index (χ1v) is 8.44. The molecule has 0 amide bonds. The highest BCUT2D eigenvalue weighted by Crippen LogP contribution is 2.23. The molecule has 20 heavy (non-hydrogen) atoms. The lowest BCUT2D eigenvalue weighted by Gasteiger charge is -2.15. The van der Waals surface area contributed by atoms with Crippen molar-refractivity contribution in [2.24, 2.45) is 0 Å². The van der Waals surface area contributed by atoms with Crippen LogP contribution in [-0.2, 0) is 0 Å². The maximum atomic E-state index is 3.61. The van der Waals surface area contributed by atoms with Crippen molar-refractivity contribution in [1.82, 2.24) is 0 Å². The number of fused-ring (bicyclic) bond motifs is 1. The Morgan fingerprint density at radius 1 is 1.00 bits per heavy atom. The van der Waals surface area contributed by atoms with E-state index in [1.165, 1.54) is 48.6 Å². The van der Waals surface area contributed by atoms with Crippen molar-refractivity contribution in [1.29, 1.82) is 0 Å². The van der Waals surface area contributed by atoms with Crippen LogP contribution in [0.25, 0.3) is 10.8 Å². The molecule has 1 atom stereocenters. The summed E-state index contributed by atoms with van der Waals surface area (Å²) in [5.41, 5.74) is 1.22. The zero-order valence-electron chi connectivity index (χ0n) is 12.5. The van der Waals surface area contributed by atoms with Gasteiger partial charge in [-0.05, 0) is 48.4 Å². The van der Waals surface area contributed by atoms with Gasteiger partial charge in [0.05, 0.1) is 0 Å². The van der Waals surface area contributed by atoms with Crippen LogP contribution >= 0.6 is 15.9 Å². The Morgan fingerprint density at radius 2 is 1.75 bits per heavy atom. The summed E-state index contributed by atoms with van der Waals surface area (Å²) in [7, 11) is 0. The number of benzene rings is 2. The second-order valence-corrected chi connectivity index (χ2v) is 6.52. The fourth-order valence-electron chi connectivity index (χ4n) is 2.54. The highest BCUT2D eigenvalue weighted by atomic mass is 79.9. The molecule has 0 spiro atoms. The van der Waals surface area contributed by atoms with E-state index < -0.39 is 0 Å². The van der Waals surface area contributed by atoms with Crippen molar-refractivity contribution in [2.75, 3.05) is 5.32 Å². The second kappa shape index (κ2) is 7.68. The minimum Gasteiger partial charge on any atom is -0.383 e. The molecule has 0 heterocycles. The molecule has 2 aromatic rings. The zero-order chi connectivity index (χ0) is 14.4.